The van der Waals surface area contributed by atoms with E-state index in [1.807, 2.05) is 9.97 Å². The number of hydrogen-bond donors (Lipinski definition) is 7. The number of rotatable bonds is 16. The number of aromatic amines is 2. The van der Waals surface area contributed by atoms with Gasteiger partial charge in [0.25, 0.3) is 11.1 Å². The van der Waals surface area contributed by atoms with Gasteiger partial charge in [-0.05, 0) is 6.07 Å². The van der Waals surface area contributed by atoms with Crippen LogP contribution >= 0.6 is 15.6 Å². The van der Waals surface area contributed by atoms with Gasteiger partial charge in [-0.15, -0.1) is 0 Å². The van der Waals surface area contributed by atoms with Gasteiger partial charge >= 0.3 is 32.7 Å². The van der Waals surface area contributed by atoms with Gasteiger partial charge in [0.1, 0.15) is 54.6 Å². The number of aliphatic hydroxyl groups is 2. The van der Waals surface area contributed by atoms with Crippen molar-refractivity contribution in [3.8, 4) is 0 Å². The molecule has 3 aliphatic heterocycles. The predicted octanol–water partition coefficient (Wildman–Crippen LogP) is -3.66. The summed E-state index contributed by atoms with van der Waals surface area (Å²) in [4.78, 5) is 89.7. The molecule has 0 aliphatic carbocycles. The summed E-state index contributed by atoms with van der Waals surface area (Å²) in [6, 6.07) is 3.08. The summed E-state index contributed by atoms with van der Waals surface area (Å²) in [7, 11) is -8.50. The van der Waals surface area contributed by atoms with Crippen molar-refractivity contribution in [2.75, 3.05) is 39.8 Å². The van der Waals surface area contributed by atoms with Crippen LogP contribution in [0.15, 0.2) is 60.8 Å². The first kappa shape index (κ1) is 44.5. The lowest BCUT2D eigenvalue weighted by atomic mass is 10.1. The minimum atomic E-state index is -5.44. The van der Waals surface area contributed by atoms with Crippen molar-refractivity contribution in [3.05, 3.63) is 89.0 Å². The number of hydrogen-bond acceptors (Lipinski definition) is 20. The van der Waals surface area contributed by atoms with Gasteiger partial charge in [-0.3, -0.25) is 51.4 Å². The highest BCUT2D eigenvalue weighted by Crippen LogP contribution is 2.52. The Labute approximate surface area is 327 Å². The van der Waals surface area contributed by atoms with E-state index in [4.69, 9.17) is 47.5 Å². The van der Waals surface area contributed by atoms with Crippen LogP contribution in [-0.2, 0) is 50.9 Å². The number of aliphatic hydroxyl groups excluding tert-OH is 2. The van der Waals surface area contributed by atoms with Gasteiger partial charge in [-0.2, -0.15) is 4.98 Å². The average Bonchev–Trinajstić information content (AvgIpc) is 3.78. The number of phosphoric ester groups is 2. The maximum atomic E-state index is 15.6. The number of H-pyrrole nitrogens is 2. The molecule has 0 saturated carbocycles. The number of halogens is 1. The molecular weight excluding hydrogens is 847 g/mol. The molecule has 0 spiro atoms. The summed E-state index contributed by atoms with van der Waals surface area (Å²) in [6.07, 6.45) is -17.1. The highest BCUT2D eigenvalue weighted by Gasteiger charge is 2.54. The number of anilines is 1. The molecule has 3 saturated heterocycles. The van der Waals surface area contributed by atoms with Crippen LogP contribution in [0.1, 0.15) is 18.7 Å². The van der Waals surface area contributed by atoms with Crippen molar-refractivity contribution < 1.29 is 75.3 Å². The monoisotopic (exact) mass is 885 g/mol. The Bertz CT molecular complexity index is 2380. The molecular formula is C29H38FN7O20P2. The Kier molecular flexibility index (Phi) is 13.5. The van der Waals surface area contributed by atoms with Crippen LogP contribution in [0.2, 0.25) is 0 Å². The van der Waals surface area contributed by atoms with E-state index in [1.54, 1.807) is 0 Å². The Morgan fingerprint density at radius 2 is 1.24 bits per heavy atom. The number of phosphoric acid groups is 2. The third-order valence-corrected chi connectivity index (χ3v) is 11.2. The van der Waals surface area contributed by atoms with E-state index in [2.05, 4.69) is 4.98 Å². The first-order valence-electron chi connectivity index (χ1n) is 17.1. The zero-order chi connectivity index (χ0) is 43.0. The van der Waals surface area contributed by atoms with Gasteiger partial charge in [0.15, 0.2) is 24.9 Å². The van der Waals surface area contributed by atoms with Crippen LogP contribution in [0.5, 0.6) is 0 Å². The molecule has 3 aromatic heterocycles. The fraction of sp³-hybridized carbons (Fsp3) is 0.586. The second-order valence-corrected chi connectivity index (χ2v) is 15.8. The number of nitrogens with two attached hydrogens (primary N) is 1. The van der Waals surface area contributed by atoms with Crippen LogP contribution in [0.25, 0.3) is 0 Å². The van der Waals surface area contributed by atoms with E-state index in [-0.39, 0.29) is 5.82 Å². The topological polar surface area (TPSA) is 369 Å². The lowest BCUT2D eigenvalue weighted by molar-refractivity contribution is -0.0670. The summed E-state index contributed by atoms with van der Waals surface area (Å²) in [5.41, 5.74) is 0.909. The van der Waals surface area contributed by atoms with Crippen molar-refractivity contribution in [3.63, 3.8) is 0 Å². The summed E-state index contributed by atoms with van der Waals surface area (Å²) in [5.74, 6) is -0.100. The van der Waals surface area contributed by atoms with Gasteiger partial charge in [-0.1, -0.05) is 0 Å². The molecule has 6 rings (SSSR count). The fourth-order valence-electron chi connectivity index (χ4n) is 6.55. The molecule has 3 fully saturated rings. The van der Waals surface area contributed by atoms with E-state index in [0.29, 0.717) is 4.57 Å². The standard InChI is InChI=1S/C29H38FN7O20P2/c1-49-22-19(41)13(54-25(22)36-6-3-15(31)32-27(36)42)10-51-59(47,48)57-21-14(55-26(23(21)50-2)37-8-5-17(40)34-29(37)44)11-52-58(45,46)56-20-12(9-38)53-24(18(20)30)35-7-4-16(39)33-28(35)43/h3-8,12-14,18-26,38,41H,9-11H2,1-2H3,(H,45,46)(H,47,48)(H2,31,32,42)(H,33,39,43)(H,34,40,44)/t12-,13-,14-,18-,19-,20-,21-,22-,23-,24-,25-,26-/m1/s1. The average molecular weight is 886 g/mol. The SMILES string of the molecule is CO[C@@H]1[C@H](O)[C@@H](COP(=O)(O)O[C@H]2[C@@H](OC)[C@H](n3ccc(=O)[nH]c3=O)O[C@@H]2COP(=O)(O)O[C@H]2[C@@H](F)[C@H](n3ccc(=O)[nH]c3=O)O[C@@H]2CO)O[C@H]1n1ccc(N)nc1=O. The van der Waals surface area contributed by atoms with Gasteiger partial charge in [-0.25, -0.2) is 27.9 Å². The van der Waals surface area contributed by atoms with Crippen LogP contribution in [0, 0.1) is 0 Å². The van der Waals surface area contributed by atoms with E-state index >= 15 is 4.39 Å². The largest absolute Gasteiger partial charge is 0.472 e. The molecule has 30 heteroatoms. The highest BCUT2D eigenvalue weighted by atomic mass is 31.2. The Hall–Kier alpha value is -4.09. The van der Waals surface area contributed by atoms with E-state index in [9.17, 15) is 53.1 Å². The Morgan fingerprint density at radius 3 is 1.78 bits per heavy atom. The Morgan fingerprint density at radius 1 is 0.746 bits per heavy atom. The number of nitrogens with zero attached hydrogens (tertiary/aromatic N) is 4. The quantitative estimate of drug-likeness (QED) is 0.0682. The number of nitrogens with one attached hydrogen (secondary N) is 2. The van der Waals surface area contributed by atoms with E-state index in [0.717, 1.165) is 40.8 Å². The van der Waals surface area contributed by atoms with Crippen LogP contribution < -0.4 is 33.9 Å². The summed E-state index contributed by atoms with van der Waals surface area (Å²) in [6.45, 7) is -2.94. The van der Waals surface area contributed by atoms with Crippen molar-refractivity contribution in [1.29, 1.82) is 0 Å². The normalized spacial score (nSPS) is 32.9. The van der Waals surface area contributed by atoms with Gasteiger partial charge in [0.05, 0.1) is 19.8 Å². The molecule has 14 atom stereocenters. The van der Waals surface area contributed by atoms with E-state index < -0.39 is 137 Å². The lowest BCUT2D eigenvalue weighted by Gasteiger charge is -2.26. The van der Waals surface area contributed by atoms with Crippen molar-refractivity contribution in [2.45, 2.75) is 73.7 Å². The number of aromatic nitrogens is 6. The number of alkyl halides is 1. The molecule has 27 nitrogen and oxygen atoms in total. The van der Waals surface area contributed by atoms with Crippen LogP contribution in [0.4, 0.5) is 10.2 Å². The smallest absolute Gasteiger partial charge is 0.394 e. The molecule has 0 bridgehead atoms. The molecule has 0 aromatic carbocycles. The number of methoxy groups -OCH3 is 2. The van der Waals surface area contributed by atoms with Crippen molar-refractivity contribution >= 4 is 21.5 Å². The fourth-order valence-corrected chi connectivity index (χ4v) is 8.46. The lowest BCUT2D eigenvalue weighted by Crippen LogP contribution is -2.40. The summed E-state index contributed by atoms with van der Waals surface area (Å²) < 4.78 is 92.8. The third-order valence-electron chi connectivity index (χ3n) is 9.28. The molecule has 6 heterocycles. The van der Waals surface area contributed by atoms with Crippen molar-refractivity contribution in [2.24, 2.45) is 0 Å². The minimum absolute atomic E-state index is 0.100. The molecule has 8 N–H and O–H groups in total. The van der Waals surface area contributed by atoms with Gasteiger partial charge in [0, 0.05) is 44.9 Å². The predicted molar refractivity (Wildman–Crippen MR) is 188 cm³/mol. The molecule has 3 aromatic rings. The summed E-state index contributed by atoms with van der Waals surface area (Å²) >= 11 is 0. The van der Waals surface area contributed by atoms with Crippen LogP contribution in [-0.4, -0.2) is 138 Å². The molecule has 0 radical (unpaired) electrons. The molecule has 3 aliphatic rings. The third kappa shape index (κ3) is 9.62. The minimum Gasteiger partial charge on any atom is -0.394 e. The zero-order valence-electron chi connectivity index (χ0n) is 30.5. The van der Waals surface area contributed by atoms with E-state index in [1.165, 1.54) is 19.4 Å². The van der Waals surface area contributed by atoms with Gasteiger partial charge in [0.2, 0.25) is 0 Å². The second kappa shape index (κ2) is 17.9. The number of ether oxygens (including phenoxy) is 5. The summed E-state index contributed by atoms with van der Waals surface area (Å²) in [5, 5.41) is 20.7. The molecule has 326 valence electrons. The second-order valence-electron chi connectivity index (χ2n) is 13.0. The molecule has 59 heavy (non-hydrogen) atoms. The first-order valence-corrected chi connectivity index (χ1v) is 20.1. The maximum Gasteiger partial charge on any atom is 0.472 e. The zero-order valence-corrected chi connectivity index (χ0v) is 32.3. The number of nitrogen functional groups attached to an aromatic ring is 1. The molecule has 0 amide bonds. The van der Waals surface area contributed by atoms with Gasteiger partial charge < -0.3 is 49.4 Å². The Balaban J connectivity index is 1.19. The highest BCUT2D eigenvalue weighted by molar-refractivity contribution is 7.47. The molecule has 2 unspecified atom stereocenters. The van der Waals surface area contributed by atoms with Crippen molar-refractivity contribution in [1.82, 2.24) is 28.7 Å². The maximum absolute atomic E-state index is 15.6. The first-order chi connectivity index (χ1) is 27.9. The van der Waals surface area contributed by atoms with Crippen LogP contribution in [0.3, 0.4) is 0 Å².